The van der Waals surface area contributed by atoms with E-state index in [9.17, 15) is 4.79 Å². The van der Waals surface area contributed by atoms with Crippen molar-refractivity contribution in [3.63, 3.8) is 0 Å². The van der Waals surface area contributed by atoms with Crippen LogP contribution in [-0.4, -0.2) is 17.2 Å². The third-order valence-corrected chi connectivity index (χ3v) is 5.10. The quantitative estimate of drug-likeness (QED) is 0.453. The second-order valence-corrected chi connectivity index (χ2v) is 7.24. The van der Waals surface area contributed by atoms with Crippen LogP contribution in [-0.2, 0) is 17.8 Å². The van der Waals surface area contributed by atoms with Crippen molar-refractivity contribution in [2.45, 2.75) is 26.1 Å². The molecule has 2 heterocycles. The van der Waals surface area contributed by atoms with Crippen LogP contribution < -0.4 is 4.74 Å². The molecule has 4 aromatic rings. The minimum absolute atomic E-state index is 0.0522. The van der Waals surface area contributed by atoms with Gasteiger partial charge in [0.25, 0.3) is 0 Å². The van der Waals surface area contributed by atoms with E-state index >= 15 is 0 Å². The molecule has 0 spiro atoms. The van der Waals surface area contributed by atoms with E-state index in [-0.39, 0.29) is 18.7 Å². The number of carbonyl (C=O) groups is 1. The van der Waals surface area contributed by atoms with Gasteiger partial charge in [-0.1, -0.05) is 41.6 Å². The molecule has 0 saturated carbocycles. The molecule has 0 N–H and O–H groups in total. The lowest BCUT2D eigenvalue weighted by Gasteiger charge is -2.06. The third-order valence-electron chi connectivity index (χ3n) is 5.10. The number of rotatable bonds is 4. The van der Waals surface area contributed by atoms with Crippen LogP contribution in [0.2, 0.25) is 0 Å². The topological polar surface area (TPSA) is 61.6 Å². The first-order valence-electron chi connectivity index (χ1n) is 9.58. The summed E-state index contributed by atoms with van der Waals surface area (Å²) in [5.74, 6) is 1.18. The van der Waals surface area contributed by atoms with Gasteiger partial charge in [-0.05, 0) is 47.5 Å². The van der Waals surface area contributed by atoms with Crippen LogP contribution in [0.5, 0.6) is 5.75 Å². The van der Waals surface area contributed by atoms with E-state index < -0.39 is 0 Å². The smallest absolute Gasteiger partial charge is 0.339 e. The van der Waals surface area contributed by atoms with E-state index in [0.717, 1.165) is 34.1 Å². The van der Waals surface area contributed by atoms with Crippen LogP contribution >= 0.6 is 0 Å². The molecule has 0 fully saturated rings. The average Bonchev–Trinajstić information content (AvgIpc) is 3.36. The van der Waals surface area contributed by atoms with Crippen LogP contribution in [0, 0.1) is 0 Å². The van der Waals surface area contributed by atoms with Gasteiger partial charge in [0.15, 0.2) is 5.76 Å². The Bertz CT molecular complexity index is 1210. The maximum atomic E-state index is 12.6. The molecule has 0 aliphatic carbocycles. The van der Waals surface area contributed by atoms with Crippen molar-refractivity contribution in [2.75, 3.05) is 0 Å². The van der Waals surface area contributed by atoms with E-state index in [1.807, 2.05) is 48.5 Å². The highest BCUT2D eigenvalue weighted by Crippen LogP contribution is 2.33. The first-order chi connectivity index (χ1) is 14.2. The molecular formula is C24H19NO4. The summed E-state index contributed by atoms with van der Waals surface area (Å²) in [7, 11) is 0. The van der Waals surface area contributed by atoms with Crippen LogP contribution in [0.3, 0.4) is 0 Å². The van der Waals surface area contributed by atoms with Crippen LogP contribution in [0.1, 0.15) is 28.5 Å². The Morgan fingerprint density at radius 2 is 1.97 bits per heavy atom. The van der Waals surface area contributed by atoms with E-state index in [0.29, 0.717) is 17.0 Å². The zero-order valence-corrected chi connectivity index (χ0v) is 15.9. The van der Waals surface area contributed by atoms with E-state index in [4.69, 9.17) is 14.0 Å². The fourth-order valence-electron chi connectivity index (χ4n) is 3.71. The number of benzene rings is 3. The minimum atomic E-state index is -0.380. The second kappa shape index (κ2) is 7.09. The molecule has 5 heteroatoms. The lowest BCUT2D eigenvalue weighted by Crippen LogP contribution is -2.06. The number of nitrogens with zero attached hydrogens (tertiary/aromatic N) is 1. The highest BCUT2D eigenvalue weighted by molar-refractivity contribution is 6.04. The minimum Gasteiger partial charge on any atom is -0.490 e. The molecule has 0 amide bonds. The molecule has 1 atom stereocenters. The number of aromatic nitrogens is 1. The lowest BCUT2D eigenvalue weighted by atomic mass is 10.0. The number of ether oxygens (including phenoxy) is 2. The molecule has 1 aliphatic rings. The number of fused-ring (bicyclic) bond motifs is 2. The second-order valence-electron chi connectivity index (χ2n) is 7.24. The average molecular weight is 385 g/mol. The van der Waals surface area contributed by atoms with Gasteiger partial charge in [-0.2, -0.15) is 0 Å². The molecule has 3 aromatic carbocycles. The van der Waals surface area contributed by atoms with Crippen LogP contribution in [0.15, 0.2) is 71.3 Å². The van der Waals surface area contributed by atoms with Gasteiger partial charge in [0, 0.05) is 18.1 Å². The molecule has 0 radical (unpaired) electrons. The molecule has 0 bridgehead atoms. The highest BCUT2D eigenvalue weighted by atomic mass is 16.5. The Balaban J connectivity index is 1.31. The SMILES string of the molecule is CC1Cc2cc(-c3cc(COC(=O)c4cccc5ccccc45)no3)ccc2O1. The highest BCUT2D eigenvalue weighted by Gasteiger charge is 2.20. The van der Waals surface area contributed by atoms with Gasteiger partial charge in [0.1, 0.15) is 24.2 Å². The molecular weight excluding hydrogens is 366 g/mol. The maximum Gasteiger partial charge on any atom is 0.339 e. The number of carbonyl (C=O) groups excluding carboxylic acids is 1. The summed E-state index contributed by atoms with van der Waals surface area (Å²) < 4.78 is 16.7. The summed E-state index contributed by atoms with van der Waals surface area (Å²) in [6.07, 6.45) is 1.08. The monoisotopic (exact) mass is 385 g/mol. The Morgan fingerprint density at radius 3 is 2.90 bits per heavy atom. The molecule has 1 aromatic heterocycles. The van der Waals surface area contributed by atoms with Gasteiger partial charge in [0.05, 0.1) is 5.56 Å². The summed E-state index contributed by atoms with van der Waals surface area (Å²) in [5, 5.41) is 5.92. The molecule has 144 valence electrons. The van der Waals surface area contributed by atoms with Crippen LogP contribution in [0.25, 0.3) is 22.1 Å². The first-order valence-corrected chi connectivity index (χ1v) is 9.58. The molecule has 5 nitrogen and oxygen atoms in total. The molecule has 1 aliphatic heterocycles. The number of hydrogen-bond acceptors (Lipinski definition) is 5. The van der Waals surface area contributed by atoms with Crippen molar-refractivity contribution in [1.29, 1.82) is 0 Å². The van der Waals surface area contributed by atoms with Gasteiger partial charge in [-0.25, -0.2) is 4.79 Å². The molecule has 1 unspecified atom stereocenters. The Kier molecular flexibility index (Phi) is 4.28. The normalized spacial score (nSPS) is 15.1. The van der Waals surface area contributed by atoms with Crippen molar-refractivity contribution < 1.29 is 18.8 Å². The molecule has 5 rings (SSSR count). The summed E-state index contributed by atoms with van der Waals surface area (Å²) in [4.78, 5) is 12.6. The largest absolute Gasteiger partial charge is 0.490 e. The number of esters is 1. The van der Waals surface area contributed by atoms with Gasteiger partial charge in [-0.3, -0.25) is 0 Å². The Labute approximate surface area is 167 Å². The van der Waals surface area contributed by atoms with Crippen molar-refractivity contribution in [3.8, 4) is 17.1 Å². The predicted octanol–water partition coefficient (Wildman–Crippen LogP) is 5.18. The fourth-order valence-corrected chi connectivity index (χ4v) is 3.71. The first kappa shape index (κ1) is 17.5. The van der Waals surface area contributed by atoms with Crippen molar-refractivity contribution in [3.05, 3.63) is 83.6 Å². The lowest BCUT2D eigenvalue weighted by molar-refractivity contribution is 0.0466. The fraction of sp³-hybridized carbons (Fsp3) is 0.167. The van der Waals surface area contributed by atoms with Gasteiger partial charge < -0.3 is 14.0 Å². The summed E-state index contributed by atoms with van der Waals surface area (Å²) in [6.45, 7) is 2.10. The van der Waals surface area contributed by atoms with Crippen LogP contribution in [0.4, 0.5) is 0 Å². The maximum absolute atomic E-state index is 12.6. The summed E-state index contributed by atoms with van der Waals surface area (Å²) in [5.41, 5.74) is 3.20. The van der Waals surface area contributed by atoms with E-state index in [1.54, 1.807) is 12.1 Å². The summed E-state index contributed by atoms with van der Waals surface area (Å²) >= 11 is 0. The van der Waals surface area contributed by atoms with Crippen molar-refractivity contribution >= 4 is 16.7 Å². The van der Waals surface area contributed by atoms with E-state index in [1.165, 1.54) is 0 Å². The summed E-state index contributed by atoms with van der Waals surface area (Å²) in [6, 6.07) is 21.1. The molecule has 0 saturated heterocycles. The van der Waals surface area contributed by atoms with Gasteiger partial charge in [-0.15, -0.1) is 0 Å². The molecule has 29 heavy (non-hydrogen) atoms. The predicted molar refractivity (Wildman–Crippen MR) is 109 cm³/mol. The zero-order valence-electron chi connectivity index (χ0n) is 15.9. The van der Waals surface area contributed by atoms with Crippen molar-refractivity contribution in [2.24, 2.45) is 0 Å². The van der Waals surface area contributed by atoms with Gasteiger partial charge >= 0.3 is 5.97 Å². The number of hydrogen-bond donors (Lipinski definition) is 0. The standard InChI is InChI=1S/C24H19NO4/c1-15-11-18-12-17(9-10-22(18)28-15)23-13-19(25-29-23)14-27-24(26)21-8-4-6-16-5-2-3-7-20(16)21/h2-10,12-13,15H,11,14H2,1H3. The Hall–Kier alpha value is -3.60. The zero-order chi connectivity index (χ0) is 19.8. The van der Waals surface area contributed by atoms with Gasteiger partial charge in [0.2, 0.25) is 0 Å². The third kappa shape index (κ3) is 3.36. The van der Waals surface area contributed by atoms with E-state index in [2.05, 4.69) is 18.1 Å². The van der Waals surface area contributed by atoms with Crippen molar-refractivity contribution in [1.82, 2.24) is 5.16 Å². The Morgan fingerprint density at radius 1 is 1.10 bits per heavy atom.